The summed E-state index contributed by atoms with van der Waals surface area (Å²) >= 11 is -4.22. The average molecular weight is 742 g/mol. The van der Waals surface area contributed by atoms with Crippen LogP contribution in [0.5, 0.6) is 0 Å². The van der Waals surface area contributed by atoms with Crippen molar-refractivity contribution in [2.75, 3.05) is 0 Å². The Morgan fingerprint density at radius 1 is 0.560 bits per heavy atom. The molecule has 2 aliphatic rings. The number of rotatable bonds is 8. The van der Waals surface area contributed by atoms with Gasteiger partial charge in [0.1, 0.15) is 0 Å². The van der Waals surface area contributed by atoms with E-state index in [2.05, 4.69) is 180 Å². The summed E-state index contributed by atoms with van der Waals surface area (Å²) in [6, 6.07) is 29.1. The molecule has 4 aromatic rings. The molecule has 2 aliphatic carbocycles. The van der Waals surface area contributed by atoms with E-state index in [0.717, 1.165) is 0 Å². The average Bonchev–Trinajstić information content (AvgIpc) is 3.67. The fraction of sp³-hybridized carbons (Fsp3) is 0.408. The molecule has 0 saturated carbocycles. The van der Waals surface area contributed by atoms with Gasteiger partial charge < -0.3 is 0 Å². The molecule has 0 aromatic heterocycles. The second kappa shape index (κ2) is 13.0. The van der Waals surface area contributed by atoms with E-state index in [0.29, 0.717) is 19.1 Å². The summed E-state index contributed by atoms with van der Waals surface area (Å²) in [5, 5.41) is 0. The molecule has 0 radical (unpaired) electrons. The van der Waals surface area contributed by atoms with Gasteiger partial charge in [-0.15, -0.1) is 0 Å². The van der Waals surface area contributed by atoms with Gasteiger partial charge in [-0.2, -0.15) is 0 Å². The summed E-state index contributed by atoms with van der Waals surface area (Å²) in [6.07, 6.45) is 9.74. The van der Waals surface area contributed by atoms with Crippen molar-refractivity contribution >= 4 is 4.21 Å². The Labute approximate surface area is 305 Å². The Morgan fingerprint density at radius 2 is 0.920 bits per heavy atom. The number of fused-ring (bicyclic) bond motifs is 3. The van der Waals surface area contributed by atoms with Gasteiger partial charge in [0.05, 0.1) is 0 Å². The van der Waals surface area contributed by atoms with Crippen LogP contribution in [0, 0.1) is 25.7 Å². The van der Waals surface area contributed by atoms with Crippen LogP contribution in [0.15, 0.2) is 97.1 Å². The van der Waals surface area contributed by atoms with Crippen LogP contribution in [0.4, 0.5) is 0 Å². The van der Waals surface area contributed by atoms with Crippen LogP contribution in [0.1, 0.15) is 106 Å². The zero-order valence-electron chi connectivity index (χ0n) is 33.2. The van der Waals surface area contributed by atoms with Crippen LogP contribution in [0.3, 0.4) is 0 Å². The molecule has 0 amide bonds. The fourth-order valence-electron chi connectivity index (χ4n) is 10.2. The van der Waals surface area contributed by atoms with E-state index in [4.69, 9.17) is 4.21 Å². The van der Waals surface area contributed by atoms with Gasteiger partial charge >= 0.3 is 308 Å². The number of hydrogen-bond acceptors (Lipinski definition) is 0. The summed E-state index contributed by atoms with van der Waals surface area (Å²) in [4.78, 5) is 0. The Balaban J connectivity index is 1.80. The Morgan fingerprint density at radius 3 is 1.24 bits per heavy atom. The molecule has 0 N–H and O–H groups in total. The van der Waals surface area contributed by atoms with E-state index in [-0.39, 0.29) is 10.8 Å². The molecule has 0 spiro atoms. The third-order valence-electron chi connectivity index (χ3n) is 11.9. The van der Waals surface area contributed by atoms with Crippen molar-refractivity contribution in [2.24, 2.45) is 11.8 Å². The quantitative estimate of drug-likeness (QED) is 0.169. The van der Waals surface area contributed by atoms with Gasteiger partial charge in [-0.3, -0.25) is 0 Å². The summed E-state index contributed by atoms with van der Waals surface area (Å²) in [5.41, 5.74) is 16.8. The zero-order chi connectivity index (χ0) is 36.4. The standard InChI is InChI=1S/C35H37.C5H5.2C4H9.CH2.Zr/c1-22-9-13-24(14-10-22)30-18-26-17-27-19-31(25-15-11-23(2)12-16-25)33(35(6,7)8)21-29(27)28(26)20-32(30)34(3,4)5;1-2-4-5-3-1;2*1-4(2)3;;/h9-21H,1-8H3;1-5H;2*4H,1H2,2-3H3;1H2;. The molecule has 50 heavy (non-hydrogen) atoms. The maximum absolute atomic E-state index is 5.82. The summed E-state index contributed by atoms with van der Waals surface area (Å²) in [7, 11) is 0. The summed E-state index contributed by atoms with van der Waals surface area (Å²) < 4.78 is 9.05. The first-order valence-corrected chi connectivity index (χ1v) is 27.3. The third-order valence-corrected chi connectivity index (χ3v) is 31.8. The fourth-order valence-corrected chi connectivity index (χ4v) is 32.8. The second-order valence-electron chi connectivity index (χ2n) is 19.3. The molecule has 4 aromatic carbocycles. The molecular formula is C49H62Zr. The predicted molar refractivity (Wildman–Crippen MR) is 220 cm³/mol. The molecule has 0 atom stereocenters. The molecule has 0 nitrogen and oxygen atoms in total. The van der Waals surface area contributed by atoms with E-state index in [1.165, 1.54) is 63.9 Å². The molecular weight excluding hydrogens is 680 g/mol. The van der Waals surface area contributed by atoms with Gasteiger partial charge in [0.25, 0.3) is 0 Å². The summed E-state index contributed by atoms with van der Waals surface area (Å²) in [6.45, 7) is 28.5. The normalized spacial score (nSPS) is 15.4. The van der Waals surface area contributed by atoms with Crippen LogP contribution in [0.25, 0.3) is 33.4 Å². The van der Waals surface area contributed by atoms with Crippen molar-refractivity contribution in [1.29, 1.82) is 0 Å². The molecule has 262 valence electrons. The topological polar surface area (TPSA) is 0 Å². The van der Waals surface area contributed by atoms with Gasteiger partial charge in [0.2, 0.25) is 0 Å². The van der Waals surface area contributed by atoms with E-state index < -0.39 is 18.3 Å². The van der Waals surface area contributed by atoms with Gasteiger partial charge in [-0.1, -0.05) is 0 Å². The second-order valence-corrected chi connectivity index (χ2v) is 34.9. The molecule has 6 rings (SSSR count). The number of aryl methyl sites for hydroxylation is 2. The van der Waals surface area contributed by atoms with Gasteiger partial charge in [-0.25, -0.2) is 0 Å². The van der Waals surface area contributed by atoms with Crippen molar-refractivity contribution < 1.29 is 18.3 Å². The summed E-state index contributed by atoms with van der Waals surface area (Å²) in [5.74, 6) is 1.14. The van der Waals surface area contributed by atoms with Crippen molar-refractivity contribution in [3.8, 4) is 33.4 Å². The van der Waals surface area contributed by atoms with E-state index >= 15 is 0 Å². The zero-order valence-corrected chi connectivity index (χ0v) is 35.6. The number of allylic oxidation sites excluding steroid dienone is 4. The molecule has 0 saturated heterocycles. The van der Waals surface area contributed by atoms with Crippen molar-refractivity contribution in [1.82, 2.24) is 0 Å². The van der Waals surface area contributed by atoms with Crippen molar-refractivity contribution in [3.05, 3.63) is 130 Å². The van der Waals surface area contributed by atoms with Crippen molar-refractivity contribution in [2.45, 2.75) is 109 Å². The molecule has 1 heteroatoms. The number of benzene rings is 4. The Bertz CT molecular complexity index is 1890. The van der Waals surface area contributed by atoms with Crippen LogP contribution in [-0.4, -0.2) is 4.21 Å². The van der Waals surface area contributed by atoms with Gasteiger partial charge in [0, 0.05) is 0 Å². The minimum atomic E-state index is -4.22. The monoisotopic (exact) mass is 740 g/mol. The SMILES string of the molecule is [CH2]=[Zr]([CH2]C(C)C)([CH2]C(C)C)([CH]1C=CC=C1)[CH]1c2cc(-c3ccc(C)cc3)c(C(C)(C)C)cc2-c2cc(C(C)(C)C)c(-c3ccc(C)cc3)cc21. The third kappa shape index (κ3) is 6.51. The predicted octanol–water partition coefficient (Wildman–Crippen LogP) is 14.5. The van der Waals surface area contributed by atoms with Crippen LogP contribution >= 0.6 is 0 Å². The van der Waals surface area contributed by atoms with Crippen LogP contribution in [0.2, 0.25) is 11.9 Å². The molecule has 0 heterocycles. The Hall–Kier alpha value is -2.89. The molecule has 0 bridgehead atoms. The first-order chi connectivity index (χ1) is 23.3. The Kier molecular flexibility index (Phi) is 9.56. The van der Waals surface area contributed by atoms with Gasteiger partial charge in [-0.05, 0) is 0 Å². The van der Waals surface area contributed by atoms with Crippen molar-refractivity contribution in [3.63, 3.8) is 0 Å². The minimum absolute atomic E-state index is 0.0164. The molecule has 0 fully saturated rings. The first-order valence-electron chi connectivity index (χ1n) is 19.2. The maximum atomic E-state index is 5.82. The molecule has 0 aliphatic heterocycles. The first kappa shape index (κ1) is 36.9. The van der Waals surface area contributed by atoms with Crippen LogP contribution < -0.4 is 0 Å². The van der Waals surface area contributed by atoms with Gasteiger partial charge in [0.15, 0.2) is 0 Å². The molecule has 0 unspecified atom stereocenters. The van der Waals surface area contributed by atoms with Crippen LogP contribution in [-0.2, 0) is 29.1 Å². The van der Waals surface area contributed by atoms with E-state index in [1.54, 1.807) is 11.1 Å². The van der Waals surface area contributed by atoms with E-state index in [9.17, 15) is 0 Å². The number of hydrogen-bond donors (Lipinski definition) is 0. The van der Waals surface area contributed by atoms with E-state index in [1.807, 2.05) is 0 Å².